The van der Waals surface area contributed by atoms with Gasteiger partial charge < -0.3 is 4.74 Å². The molecule has 1 rings (SSSR count). The van der Waals surface area contributed by atoms with Gasteiger partial charge in [-0.1, -0.05) is 6.07 Å². The zero-order valence-electron chi connectivity index (χ0n) is 11.6. The van der Waals surface area contributed by atoms with Gasteiger partial charge in [0.25, 0.3) is 0 Å². The van der Waals surface area contributed by atoms with E-state index in [1.54, 1.807) is 18.2 Å². The first-order valence-electron chi connectivity index (χ1n) is 5.89. The summed E-state index contributed by atoms with van der Waals surface area (Å²) in [7, 11) is -0.827. The summed E-state index contributed by atoms with van der Waals surface area (Å²) in [6.07, 6.45) is 0.0388. The van der Waals surface area contributed by atoms with E-state index in [9.17, 15) is 13.2 Å². The largest absolute Gasteiger partial charge is 0.469 e. The Labute approximate surface area is 114 Å². The number of rotatable bonds is 5. The lowest BCUT2D eigenvalue weighted by molar-refractivity contribution is -0.140. The predicted octanol–water partition coefficient (Wildman–Crippen LogP) is 1.49. The minimum absolute atomic E-state index is 0.0388. The maximum atomic E-state index is 12.3. The Kier molecular flexibility index (Phi) is 5.08. The van der Waals surface area contributed by atoms with E-state index < -0.39 is 16.0 Å². The molecule has 0 saturated heterocycles. The van der Waals surface area contributed by atoms with Gasteiger partial charge >= 0.3 is 5.97 Å². The van der Waals surface area contributed by atoms with E-state index in [2.05, 4.69) is 4.74 Å². The van der Waals surface area contributed by atoms with Gasteiger partial charge in [-0.15, -0.1) is 0 Å². The van der Waals surface area contributed by atoms with E-state index in [1.165, 1.54) is 14.2 Å². The van der Waals surface area contributed by atoms with Crippen molar-refractivity contribution < 1.29 is 17.9 Å². The summed E-state index contributed by atoms with van der Waals surface area (Å²) in [5, 5.41) is 0. The van der Waals surface area contributed by atoms with Crippen LogP contribution >= 0.6 is 0 Å². The van der Waals surface area contributed by atoms with Crippen molar-refractivity contribution in [2.75, 3.05) is 20.7 Å². The number of carbonyl (C=O) groups excluding carboxylic acids is 1. The molecule has 0 aliphatic carbocycles. The summed E-state index contributed by atoms with van der Waals surface area (Å²) < 4.78 is 30.2. The van der Waals surface area contributed by atoms with E-state index in [-0.39, 0.29) is 17.9 Å². The molecule has 19 heavy (non-hydrogen) atoms. The van der Waals surface area contributed by atoms with E-state index in [0.717, 1.165) is 15.4 Å². The Morgan fingerprint density at radius 3 is 2.42 bits per heavy atom. The standard InChI is InChI=1S/C13H19NO4S/c1-10-5-6-12(9-11(10)2)19(16,17)14(3)8-7-13(15)18-4/h5-6,9H,7-8H2,1-4H3. The summed E-state index contributed by atoms with van der Waals surface area (Å²) in [5.74, 6) is -0.429. The van der Waals surface area contributed by atoms with Gasteiger partial charge in [-0.3, -0.25) is 4.79 Å². The number of ether oxygens (including phenoxy) is 1. The lowest BCUT2D eigenvalue weighted by Gasteiger charge is -2.17. The van der Waals surface area contributed by atoms with Crippen LogP contribution in [0.4, 0.5) is 0 Å². The molecular formula is C13H19NO4S. The van der Waals surface area contributed by atoms with Crippen LogP contribution in [-0.4, -0.2) is 39.4 Å². The fourth-order valence-electron chi connectivity index (χ4n) is 1.53. The Morgan fingerprint density at radius 2 is 1.89 bits per heavy atom. The Bertz CT molecular complexity index is 566. The van der Waals surface area contributed by atoms with Crippen LogP contribution in [0.5, 0.6) is 0 Å². The Morgan fingerprint density at radius 1 is 1.26 bits per heavy atom. The molecule has 0 spiro atoms. The summed E-state index contributed by atoms with van der Waals surface area (Å²) in [5.41, 5.74) is 1.96. The lowest BCUT2D eigenvalue weighted by atomic mass is 10.1. The van der Waals surface area contributed by atoms with Gasteiger partial charge in [-0.25, -0.2) is 12.7 Å². The van der Waals surface area contributed by atoms with E-state index >= 15 is 0 Å². The predicted molar refractivity (Wildman–Crippen MR) is 72.4 cm³/mol. The summed E-state index contributed by atoms with van der Waals surface area (Å²) in [6, 6.07) is 4.99. The molecule has 0 fully saturated rings. The van der Waals surface area contributed by atoms with Crippen LogP contribution in [0.2, 0.25) is 0 Å². The SMILES string of the molecule is COC(=O)CCN(C)S(=O)(=O)c1ccc(C)c(C)c1. The highest BCUT2D eigenvalue weighted by Crippen LogP contribution is 2.18. The lowest BCUT2D eigenvalue weighted by Crippen LogP contribution is -2.29. The number of methoxy groups -OCH3 is 1. The number of aryl methyl sites for hydroxylation is 2. The highest BCUT2D eigenvalue weighted by molar-refractivity contribution is 7.89. The fraction of sp³-hybridized carbons (Fsp3) is 0.462. The van der Waals surface area contributed by atoms with E-state index in [1.807, 2.05) is 13.8 Å². The smallest absolute Gasteiger partial charge is 0.306 e. The number of nitrogens with zero attached hydrogens (tertiary/aromatic N) is 1. The molecule has 0 aliphatic heterocycles. The fourth-order valence-corrected chi connectivity index (χ4v) is 2.78. The van der Waals surface area contributed by atoms with Gasteiger partial charge in [0.05, 0.1) is 18.4 Å². The summed E-state index contributed by atoms with van der Waals surface area (Å²) >= 11 is 0. The third-order valence-corrected chi connectivity index (χ3v) is 4.90. The van der Waals surface area contributed by atoms with Crippen molar-refractivity contribution in [2.45, 2.75) is 25.2 Å². The van der Waals surface area contributed by atoms with Gasteiger partial charge in [-0.05, 0) is 37.1 Å². The van der Waals surface area contributed by atoms with E-state index in [4.69, 9.17) is 0 Å². The van der Waals surface area contributed by atoms with Crippen molar-refractivity contribution in [3.05, 3.63) is 29.3 Å². The van der Waals surface area contributed by atoms with Crippen molar-refractivity contribution in [2.24, 2.45) is 0 Å². The topological polar surface area (TPSA) is 63.7 Å². The zero-order chi connectivity index (χ0) is 14.6. The van der Waals surface area contributed by atoms with Crippen LogP contribution in [0.1, 0.15) is 17.5 Å². The molecule has 0 aromatic heterocycles. The molecule has 6 heteroatoms. The summed E-state index contributed by atoms with van der Waals surface area (Å²) in [6.45, 7) is 3.89. The van der Waals surface area contributed by atoms with Crippen molar-refractivity contribution in [1.29, 1.82) is 0 Å². The molecule has 0 unspecified atom stereocenters. The second-order valence-corrected chi connectivity index (χ2v) is 6.44. The maximum absolute atomic E-state index is 12.3. The average molecular weight is 285 g/mol. The van der Waals surface area contributed by atoms with Crippen LogP contribution in [0.15, 0.2) is 23.1 Å². The summed E-state index contributed by atoms with van der Waals surface area (Å²) in [4.78, 5) is 11.3. The van der Waals surface area contributed by atoms with Gasteiger partial charge in [0, 0.05) is 13.6 Å². The number of carbonyl (C=O) groups is 1. The van der Waals surface area contributed by atoms with Crippen LogP contribution in [-0.2, 0) is 19.6 Å². The number of sulfonamides is 1. The quantitative estimate of drug-likeness (QED) is 0.769. The first-order chi connectivity index (χ1) is 8.78. The van der Waals surface area contributed by atoms with Gasteiger partial charge in [-0.2, -0.15) is 0 Å². The molecule has 0 amide bonds. The number of esters is 1. The van der Waals surface area contributed by atoms with Crippen LogP contribution in [0.25, 0.3) is 0 Å². The minimum Gasteiger partial charge on any atom is -0.469 e. The number of hydrogen-bond donors (Lipinski definition) is 0. The Balaban J connectivity index is 2.90. The molecule has 0 heterocycles. The molecule has 0 atom stereocenters. The van der Waals surface area contributed by atoms with Gasteiger partial charge in [0.1, 0.15) is 0 Å². The molecule has 106 valence electrons. The minimum atomic E-state index is -3.56. The number of hydrogen-bond acceptors (Lipinski definition) is 4. The number of benzene rings is 1. The van der Waals surface area contributed by atoms with Crippen molar-refractivity contribution in [3.63, 3.8) is 0 Å². The molecule has 0 aliphatic rings. The highest BCUT2D eigenvalue weighted by Gasteiger charge is 2.21. The van der Waals surface area contributed by atoms with E-state index in [0.29, 0.717) is 0 Å². The average Bonchev–Trinajstić information content (AvgIpc) is 2.38. The van der Waals surface area contributed by atoms with Gasteiger partial charge in [0.15, 0.2) is 0 Å². The molecule has 0 N–H and O–H groups in total. The van der Waals surface area contributed by atoms with Crippen LogP contribution in [0.3, 0.4) is 0 Å². The van der Waals surface area contributed by atoms with Crippen molar-refractivity contribution >= 4 is 16.0 Å². The third-order valence-electron chi connectivity index (χ3n) is 3.05. The zero-order valence-corrected chi connectivity index (χ0v) is 12.5. The first-order valence-corrected chi connectivity index (χ1v) is 7.33. The molecular weight excluding hydrogens is 266 g/mol. The third kappa shape index (κ3) is 3.78. The molecule has 0 radical (unpaired) electrons. The Hall–Kier alpha value is -1.40. The molecule has 0 saturated carbocycles. The second-order valence-electron chi connectivity index (χ2n) is 4.40. The second kappa shape index (κ2) is 6.16. The molecule has 1 aromatic rings. The normalized spacial score (nSPS) is 11.6. The van der Waals surface area contributed by atoms with Crippen molar-refractivity contribution in [3.8, 4) is 0 Å². The molecule has 0 bridgehead atoms. The van der Waals surface area contributed by atoms with Gasteiger partial charge in [0.2, 0.25) is 10.0 Å². The first kappa shape index (κ1) is 15.7. The van der Waals surface area contributed by atoms with Crippen LogP contribution in [0, 0.1) is 13.8 Å². The highest BCUT2D eigenvalue weighted by atomic mass is 32.2. The monoisotopic (exact) mass is 285 g/mol. The van der Waals surface area contributed by atoms with Crippen molar-refractivity contribution in [1.82, 2.24) is 4.31 Å². The van der Waals surface area contributed by atoms with Crippen LogP contribution < -0.4 is 0 Å². The maximum Gasteiger partial charge on any atom is 0.306 e. The molecule has 1 aromatic carbocycles. The molecule has 5 nitrogen and oxygen atoms in total.